The fourth-order valence-electron chi connectivity index (χ4n) is 2.74. The number of nitrogens with zero attached hydrogens (tertiary/aromatic N) is 2. The van der Waals surface area contributed by atoms with Gasteiger partial charge in [-0.2, -0.15) is 5.26 Å². The zero-order valence-electron chi connectivity index (χ0n) is 11.1. The molecule has 0 bridgehead atoms. The highest BCUT2D eigenvalue weighted by Gasteiger charge is 2.36. The lowest BCUT2D eigenvalue weighted by Crippen LogP contribution is -2.39. The minimum Gasteiger partial charge on any atom is -0.468 e. The normalized spacial score (nSPS) is 20.7. The summed E-state index contributed by atoms with van der Waals surface area (Å²) in [5.74, 6) is -0.198. The Kier molecular flexibility index (Phi) is 4.53. The number of likely N-dealkylation sites (tertiary alicyclic amines) is 1. The Labute approximate surface area is 113 Å². The van der Waals surface area contributed by atoms with Gasteiger partial charge in [-0.25, -0.2) is 0 Å². The molecule has 0 saturated carbocycles. The van der Waals surface area contributed by atoms with E-state index < -0.39 is 0 Å². The van der Waals surface area contributed by atoms with Gasteiger partial charge >= 0.3 is 5.97 Å². The predicted octanol–water partition coefficient (Wildman–Crippen LogP) is 2.28. The van der Waals surface area contributed by atoms with E-state index in [0.29, 0.717) is 6.42 Å². The van der Waals surface area contributed by atoms with Crippen molar-refractivity contribution in [3.8, 4) is 6.07 Å². The van der Waals surface area contributed by atoms with Gasteiger partial charge in [0.25, 0.3) is 0 Å². The molecule has 0 amide bonds. The summed E-state index contributed by atoms with van der Waals surface area (Å²) in [5, 5.41) is 9.05. The van der Waals surface area contributed by atoms with E-state index in [1.54, 1.807) is 0 Å². The van der Waals surface area contributed by atoms with Crippen molar-refractivity contribution in [1.82, 2.24) is 4.90 Å². The van der Waals surface area contributed by atoms with E-state index in [2.05, 4.69) is 11.0 Å². The Morgan fingerprint density at radius 2 is 2.26 bits per heavy atom. The van der Waals surface area contributed by atoms with Crippen LogP contribution in [0.25, 0.3) is 0 Å². The fourth-order valence-corrected chi connectivity index (χ4v) is 2.74. The first-order valence-electron chi connectivity index (χ1n) is 6.53. The van der Waals surface area contributed by atoms with Gasteiger partial charge in [-0.3, -0.25) is 9.69 Å². The lowest BCUT2D eigenvalue weighted by atomic mass is 10.0. The van der Waals surface area contributed by atoms with Crippen molar-refractivity contribution >= 4 is 5.97 Å². The fraction of sp³-hybridized carbons (Fsp3) is 0.467. The molecule has 1 aliphatic rings. The van der Waals surface area contributed by atoms with Crippen molar-refractivity contribution in [3.05, 3.63) is 35.9 Å². The standard InChI is InChI=1S/C15H18N2O2/c1-19-15(18)14-8-5-11-17(14)13(9-10-16)12-6-3-2-4-7-12/h2-4,6-7,13-14H,5,8-9,11H2,1H3. The van der Waals surface area contributed by atoms with Crippen molar-refractivity contribution in [2.45, 2.75) is 31.3 Å². The summed E-state index contributed by atoms with van der Waals surface area (Å²) in [7, 11) is 1.42. The molecule has 0 aliphatic carbocycles. The molecule has 1 heterocycles. The number of carbonyl (C=O) groups excluding carboxylic acids is 1. The van der Waals surface area contributed by atoms with E-state index in [1.807, 2.05) is 30.3 Å². The van der Waals surface area contributed by atoms with Gasteiger partial charge in [0.05, 0.1) is 19.6 Å². The number of methoxy groups -OCH3 is 1. The molecule has 1 fully saturated rings. The van der Waals surface area contributed by atoms with Crippen LogP contribution in [0.2, 0.25) is 0 Å². The third kappa shape index (κ3) is 2.94. The number of ether oxygens (including phenoxy) is 1. The molecule has 2 unspecified atom stereocenters. The maximum Gasteiger partial charge on any atom is 0.323 e. The predicted molar refractivity (Wildman–Crippen MR) is 71.2 cm³/mol. The second kappa shape index (κ2) is 6.35. The molecule has 1 aliphatic heterocycles. The minimum atomic E-state index is -0.219. The van der Waals surface area contributed by atoms with Gasteiger partial charge in [0.15, 0.2) is 0 Å². The zero-order valence-corrected chi connectivity index (χ0v) is 11.1. The molecule has 4 heteroatoms. The largest absolute Gasteiger partial charge is 0.468 e. The molecule has 0 radical (unpaired) electrons. The van der Waals surface area contributed by atoms with Crippen LogP contribution in [0.15, 0.2) is 30.3 Å². The van der Waals surface area contributed by atoms with Gasteiger partial charge in [-0.05, 0) is 24.9 Å². The number of benzene rings is 1. The van der Waals surface area contributed by atoms with Crippen LogP contribution in [0.5, 0.6) is 0 Å². The molecule has 19 heavy (non-hydrogen) atoms. The van der Waals surface area contributed by atoms with Crippen LogP contribution in [0, 0.1) is 11.3 Å². The maximum absolute atomic E-state index is 11.8. The number of hydrogen-bond acceptors (Lipinski definition) is 4. The second-order valence-corrected chi connectivity index (χ2v) is 4.71. The Hall–Kier alpha value is -1.86. The first kappa shape index (κ1) is 13.6. The highest BCUT2D eigenvalue weighted by molar-refractivity contribution is 5.76. The molecule has 0 aromatic heterocycles. The van der Waals surface area contributed by atoms with Crippen molar-refractivity contribution in [2.24, 2.45) is 0 Å². The molecule has 2 atom stereocenters. The number of esters is 1. The van der Waals surface area contributed by atoms with Crippen LogP contribution in [-0.4, -0.2) is 30.6 Å². The molecule has 1 aromatic carbocycles. The summed E-state index contributed by atoms with van der Waals surface area (Å²) >= 11 is 0. The average Bonchev–Trinajstić information content (AvgIpc) is 2.94. The van der Waals surface area contributed by atoms with Crippen LogP contribution in [0.4, 0.5) is 0 Å². The summed E-state index contributed by atoms with van der Waals surface area (Å²) in [6.07, 6.45) is 2.16. The number of nitriles is 1. The van der Waals surface area contributed by atoms with E-state index in [9.17, 15) is 4.79 Å². The molecule has 1 aromatic rings. The summed E-state index contributed by atoms with van der Waals surface area (Å²) in [6.45, 7) is 0.834. The van der Waals surface area contributed by atoms with Crippen LogP contribution < -0.4 is 0 Å². The Morgan fingerprint density at radius 3 is 2.89 bits per heavy atom. The molecule has 4 nitrogen and oxygen atoms in total. The van der Waals surface area contributed by atoms with E-state index >= 15 is 0 Å². The topological polar surface area (TPSA) is 53.3 Å². The van der Waals surface area contributed by atoms with E-state index in [4.69, 9.17) is 10.00 Å². The molecular weight excluding hydrogens is 240 g/mol. The quantitative estimate of drug-likeness (QED) is 0.777. The van der Waals surface area contributed by atoms with Crippen LogP contribution in [-0.2, 0) is 9.53 Å². The monoisotopic (exact) mass is 258 g/mol. The minimum absolute atomic E-state index is 0.0298. The summed E-state index contributed by atoms with van der Waals surface area (Å²) in [5.41, 5.74) is 1.08. The van der Waals surface area contributed by atoms with Crippen molar-refractivity contribution < 1.29 is 9.53 Å². The smallest absolute Gasteiger partial charge is 0.323 e. The van der Waals surface area contributed by atoms with Crippen molar-refractivity contribution in [1.29, 1.82) is 5.26 Å². The Balaban J connectivity index is 2.24. The lowest BCUT2D eigenvalue weighted by molar-refractivity contribution is -0.146. The van der Waals surface area contributed by atoms with Crippen LogP contribution >= 0.6 is 0 Å². The lowest BCUT2D eigenvalue weighted by Gasteiger charge is -2.30. The average molecular weight is 258 g/mol. The van der Waals surface area contributed by atoms with Gasteiger partial charge < -0.3 is 4.74 Å². The number of rotatable bonds is 4. The molecule has 0 N–H and O–H groups in total. The zero-order chi connectivity index (χ0) is 13.7. The van der Waals surface area contributed by atoms with Crippen molar-refractivity contribution in [3.63, 3.8) is 0 Å². The first-order chi connectivity index (χ1) is 9.27. The first-order valence-corrected chi connectivity index (χ1v) is 6.53. The molecule has 1 saturated heterocycles. The van der Waals surface area contributed by atoms with Gasteiger partial charge in [0.2, 0.25) is 0 Å². The third-order valence-corrected chi connectivity index (χ3v) is 3.64. The van der Waals surface area contributed by atoms with Gasteiger partial charge in [0, 0.05) is 6.04 Å². The summed E-state index contributed by atoms with van der Waals surface area (Å²) in [4.78, 5) is 13.9. The number of carbonyl (C=O) groups is 1. The second-order valence-electron chi connectivity index (χ2n) is 4.71. The van der Waals surface area contributed by atoms with Crippen LogP contribution in [0.1, 0.15) is 30.9 Å². The van der Waals surface area contributed by atoms with E-state index in [-0.39, 0.29) is 18.1 Å². The molecule has 0 spiro atoms. The Morgan fingerprint density at radius 1 is 1.53 bits per heavy atom. The van der Waals surface area contributed by atoms with Crippen LogP contribution in [0.3, 0.4) is 0 Å². The van der Waals surface area contributed by atoms with Gasteiger partial charge in [-0.15, -0.1) is 0 Å². The van der Waals surface area contributed by atoms with Gasteiger partial charge in [-0.1, -0.05) is 30.3 Å². The molecular formula is C15H18N2O2. The van der Waals surface area contributed by atoms with E-state index in [0.717, 1.165) is 24.9 Å². The Bertz CT molecular complexity index is 467. The van der Waals surface area contributed by atoms with E-state index in [1.165, 1.54) is 7.11 Å². The third-order valence-electron chi connectivity index (χ3n) is 3.64. The summed E-state index contributed by atoms with van der Waals surface area (Å²) < 4.78 is 4.87. The summed E-state index contributed by atoms with van der Waals surface area (Å²) in [6, 6.07) is 11.9. The SMILES string of the molecule is COC(=O)C1CCCN1C(CC#N)c1ccccc1. The number of hydrogen-bond donors (Lipinski definition) is 0. The maximum atomic E-state index is 11.8. The highest BCUT2D eigenvalue weighted by Crippen LogP contribution is 2.32. The van der Waals surface area contributed by atoms with Crippen molar-refractivity contribution in [2.75, 3.05) is 13.7 Å². The molecule has 2 rings (SSSR count). The molecule has 100 valence electrons. The highest BCUT2D eigenvalue weighted by atomic mass is 16.5. The van der Waals surface area contributed by atoms with Gasteiger partial charge in [0.1, 0.15) is 6.04 Å².